The van der Waals surface area contributed by atoms with Gasteiger partial charge in [-0.3, -0.25) is 4.79 Å². The van der Waals surface area contributed by atoms with Crippen LogP contribution in [0.2, 0.25) is 0 Å². The Morgan fingerprint density at radius 2 is 2.00 bits per heavy atom. The smallest absolute Gasteiger partial charge is 0.224 e. The quantitative estimate of drug-likeness (QED) is 0.229. The molecule has 0 spiro atoms. The van der Waals surface area contributed by atoms with Crippen molar-refractivity contribution in [1.29, 1.82) is 0 Å². The summed E-state index contributed by atoms with van der Waals surface area (Å²) in [7, 11) is 1.71. The Bertz CT molecular complexity index is 861. The molecule has 0 unspecified atom stereocenters. The summed E-state index contributed by atoms with van der Waals surface area (Å²) in [5, 5.41) is 1.29. The van der Waals surface area contributed by atoms with Gasteiger partial charge in [0.05, 0.1) is 7.11 Å². The average molecular weight is 466 g/mol. The van der Waals surface area contributed by atoms with Crippen LogP contribution in [-0.2, 0) is 17.6 Å². The molecular formula is C20H21INO2S. The van der Waals surface area contributed by atoms with Crippen molar-refractivity contribution in [3.8, 4) is 5.75 Å². The van der Waals surface area contributed by atoms with Crippen LogP contribution in [0.25, 0.3) is 10.1 Å². The highest BCUT2D eigenvalue weighted by Gasteiger charge is 2.13. The number of aryl methyl sites for hydroxylation is 1. The molecule has 2 aromatic carbocycles. The van der Waals surface area contributed by atoms with Gasteiger partial charge in [0.1, 0.15) is 5.75 Å². The lowest BCUT2D eigenvalue weighted by Crippen LogP contribution is -2.09. The molecule has 0 aliphatic carbocycles. The number of fused-ring (bicyclic) bond motifs is 1. The van der Waals surface area contributed by atoms with Gasteiger partial charge in [0.2, 0.25) is 5.91 Å². The molecule has 0 aliphatic heterocycles. The first kappa shape index (κ1) is 18.2. The van der Waals surface area contributed by atoms with E-state index in [1.807, 2.05) is 17.4 Å². The van der Waals surface area contributed by atoms with Crippen molar-refractivity contribution < 1.29 is 9.53 Å². The fraction of sp³-hybridized carbons (Fsp3) is 0.250. The minimum Gasteiger partial charge on any atom is -0.497 e. The number of benzene rings is 2. The average Bonchev–Trinajstić information content (AvgIpc) is 2.95. The molecule has 0 fully saturated rings. The minimum atomic E-state index is -0.290. The molecule has 5 heteroatoms. The van der Waals surface area contributed by atoms with Crippen molar-refractivity contribution in [3.63, 3.8) is 0 Å². The van der Waals surface area contributed by atoms with Crippen molar-refractivity contribution in [3.05, 3.63) is 64.5 Å². The zero-order chi connectivity index (χ0) is 17.6. The lowest BCUT2D eigenvalue weighted by atomic mass is 10.0. The Hall–Kier alpha value is -1.60. The second-order valence-corrected chi connectivity index (χ2v) is 9.27. The summed E-state index contributed by atoms with van der Waals surface area (Å²) >= 11 is 1.58. The van der Waals surface area contributed by atoms with Crippen molar-refractivity contribution in [2.75, 3.05) is 11.5 Å². The fourth-order valence-electron chi connectivity index (χ4n) is 2.79. The number of alkyl halides is 1. The maximum Gasteiger partial charge on any atom is 0.224 e. The number of ether oxygens (including phenoxy) is 1. The monoisotopic (exact) mass is 466 g/mol. The molecule has 0 saturated heterocycles. The summed E-state index contributed by atoms with van der Waals surface area (Å²) < 4.78 is 10.8. The number of carbonyl (C=O) groups is 1. The molecule has 0 atom stereocenters. The first-order valence-electron chi connectivity index (χ1n) is 8.14. The summed E-state index contributed by atoms with van der Waals surface area (Å²) in [5.41, 5.74) is 2.74. The second-order valence-electron chi connectivity index (χ2n) is 5.75. The van der Waals surface area contributed by atoms with E-state index in [1.165, 1.54) is 26.1 Å². The first-order chi connectivity index (χ1) is 12.2. The predicted octanol–water partition coefficient (Wildman–Crippen LogP) is 5.07. The molecule has 1 N–H and O–H groups in total. The van der Waals surface area contributed by atoms with E-state index in [0.717, 1.165) is 23.0 Å². The van der Waals surface area contributed by atoms with E-state index in [4.69, 9.17) is 4.74 Å². The van der Waals surface area contributed by atoms with Crippen LogP contribution in [0.5, 0.6) is 5.75 Å². The normalized spacial score (nSPS) is 10.8. The Morgan fingerprint density at radius 1 is 1.20 bits per heavy atom. The second kappa shape index (κ2) is 8.67. The molecule has 3 rings (SSSR count). The third kappa shape index (κ3) is 4.73. The van der Waals surface area contributed by atoms with Gasteiger partial charge in [0.15, 0.2) is 0 Å². The van der Waals surface area contributed by atoms with E-state index in [0.29, 0.717) is 0 Å². The molecule has 25 heavy (non-hydrogen) atoms. The molecule has 1 amide bonds. The van der Waals surface area contributed by atoms with E-state index in [9.17, 15) is 4.79 Å². The summed E-state index contributed by atoms with van der Waals surface area (Å²) in [5.74, 6) is 0.975. The molecular weight excluding hydrogens is 445 g/mol. The zero-order valence-corrected chi connectivity index (χ0v) is 17.3. The van der Waals surface area contributed by atoms with Crippen LogP contribution >= 0.6 is 32.8 Å². The third-order valence-electron chi connectivity index (χ3n) is 3.93. The lowest BCUT2D eigenvalue weighted by Gasteiger charge is -2.06. The van der Waals surface area contributed by atoms with E-state index in [-0.39, 0.29) is 27.4 Å². The molecule has 131 valence electrons. The number of rotatable bonds is 7. The molecule has 3 nitrogen and oxygen atoms in total. The fourth-order valence-corrected chi connectivity index (χ4v) is 5.67. The topological polar surface area (TPSA) is 38.3 Å². The lowest BCUT2D eigenvalue weighted by molar-refractivity contribution is -0.116. The van der Waals surface area contributed by atoms with Crippen LogP contribution in [-0.4, -0.2) is 17.4 Å². The molecule has 0 aliphatic rings. The SMILES string of the molecule is COc1ccc2sc(Cc3ccccc3)c(CC[I]NC(C)=O)c2c1. The van der Waals surface area contributed by atoms with E-state index < -0.39 is 0 Å². The number of halogens is 1. The van der Waals surface area contributed by atoms with Gasteiger partial charge in [0, 0.05) is 27.3 Å². The van der Waals surface area contributed by atoms with Crippen molar-refractivity contribution in [1.82, 2.24) is 3.53 Å². The van der Waals surface area contributed by atoms with Crippen molar-refractivity contribution >= 4 is 48.8 Å². The highest BCUT2D eigenvalue weighted by atomic mass is 127. The van der Waals surface area contributed by atoms with Gasteiger partial charge in [-0.05, 0) is 62.6 Å². The molecule has 1 radical (unpaired) electrons. The van der Waals surface area contributed by atoms with Gasteiger partial charge in [-0.2, -0.15) is 0 Å². The summed E-state index contributed by atoms with van der Waals surface area (Å²) in [6, 6.07) is 16.9. The van der Waals surface area contributed by atoms with Crippen molar-refractivity contribution in [2.24, 2.45) is 0 Å². The van der Waals surface area contributed by atoms with Gasteiger partial charge in [-0.25, -0.2) is 0 Å². The highest BCUT2D eigenvalue weighted by Crippen LogP contribution is 2.36. The van der Waals surface area contributed by atoms with Crippen LogP contribution in [0.3, 0.4) is 0 Å². The first-order valence-corrected chi connectivity index (χ1v) is 11.6. The number of thiophene rings is 1. The standard InChI is InChI=1S/C20H21INO2S/c1-14(23)22-21-11-10-17-18-13-16(24-2)8-9-19(18)25-20(17)12-15-6-4-3-5-7-15/h3-9,13H,10-12H2,1-2H3,(H,22,23). The van der Waals surface area contributed by atoms with E-state index >= 15 is 0 Å². The minimum absolute atomic E-state index is 0.0779. The van der Waals surface area contributed by atoms with Gasteiger partial charge in [-0.1, -0.05) is 30.3 Å². The molecule has 0 bridgehead atoms. The number of methoxy groups -OCH3 is 1. The van der Waals surface area contributed by atoms with Gasteiger partial charge >= 0.3 is 0 Å². The van der Waals surface area contributed by atoms with E-state index in [2.05, 4.69) is 46.0 Å². The number of carbonyl (C=O) groups excluding carboxylic acids is 1. The Morgan fingerprint density at radius 3 is 2.72 bits per heavy atom. The Kier molecular flexibility index (Phi) is 6.31. The van der Waals surface area contributed by atoms with Crippen LogP contribution in [0.1, 0.15) is 22.9 Å². The summed E-state index contributed by atoms with van der Waals surface area (Å²) in [6.45, 7) is 1.59. The maximum atomic E-state index is 11.1. The molecule has 1 aromatic heterocycles. The number of hydrogen-bond acceptors (Lipinski definition) is 3. The Labute approximate surface area is 163 Å². The Balaban J connectivity index is 1.90. The van der Waals surface area contributed by atoms with Gasteiger partial charge < -0.3 is 8.27 Å². The van der Waals surface area contributed by atoms with E-state index in [1.54, 1.807) is 14.0 Å². The number of hydrogen-bond donors (Lipinski definition) is 1. The molecule has 1 heterocycles. The van der Waals surface area contributed by atoms with Crippen LogP contribution in [0.15, 0.2) is 48.5 Å². The number of nitrogens with one attached hydrogen (secondary N) is 1. The zero-order valence-electron chi connectivity index (χ0n) is 14.3. The maximum absolute atomic E-state index is 11.1. The van der Waals surface area contributed by atoms with Crippen molar-refractivity contribution in [2.45, 2.75) is 19.8 Å². The van der Waals surface area contributed by atoms with Crippen LogP contribution < -0.4 is 8.27 Å². The van der Waals surface area contributed by atoms with Crippen LogP contribution in [0, 0.1) is 0 Å². The third-order valence-corrected chi connectivity index (χ3v) is 7.36. The largest absolute Gasteiger partial charge is 0.497 e. The van der Waals surface area contributed by atoms with Crippen LogP contribution in [0.4, 0.5) is 0 Å². The highest BCUT2D eigenvalue weighted by molar-refractivity contribution is 14.2. The predicted molar refractivity (Wildman–Crippen MR) is 114 cm³/mol. The van der Waals surface area contributed by atoms with Gasteiger partial charge in [0.25, 0.3) is 0 Å². The van der Waals surface area contributed by atoms with Gasteiger partial charge in [-0.15, -0.1) is 11.3 Å². The number of amides is 1. The molecule has 3 aromatic rings. The summed E-state index contributed by atoms with van der Waals surface area (Å²) in [6.07, 6.45) is 1.96. The molecule has 0 saturated carbocycles. The summed E-state index contributed by atoms with van der Waals surface area (Å²) in [4.78, 5) is 12.5.